The van der Waals surface area contributed by atoms with E-state index in [9.17, 15) is 4.79 Å². The van der Waals surface area contributed by atoms with Crippen LogP contribution in [0.15, 0.2) is 6.20 Å². The zero-order valence-corrected chi connectivity index (χ0v) is 6.74. The van der Waals surface area contributed by atoms with Crippen molar-refractivity contribution in [1.29, 1.82) is 0 Å². The lowest BCUT2D eigenvalue weighted by molar-refractivity contribution is 0.0996. The van der Waals surface area contributed by atoms with E-state index in [2.05, 4.69) is 9.97 Å². The number of aryl methyl sites for hydroxylation is 1. The fraction of sp³-hybridized carbons (Fsp3) is 0.286. The third kappa shape index (κ3) is 1.50. The molecule has 0 bridgehead atoms. The van der Waals surface area contributed by atoms with Gasteiger partial charge in [-0.05, 0) is 6.42 Å². The van der Waals surface area contributed by atoms with Gasteiger partial charge in [-0.3, -0.25) is 4.79 Å². The first-order valence-electron chi connectivity index (χ1n) is 3.56. The van der Waals surface area contributed by atoms with Gasteiger partial charge in [0.05, 0.1) is 11.9 Å². The predicted octanol–water partition coefficient (Wildman–Crippen LogP) is -0.280. The monoisotopic (exact) mass is 166 g/mol. The topological polar surface area (TPSA) is 94.9 Å². The van der Waals surface area contributed by atoms with Crippen molar-refractivity contribution in [2.75, 3.05) is 5.73 Å². The number of hydrogen-bond donors (Lipinski definition) is 2. The van der Waals surface area contributed by atoms with Crippen LogP contribution in [0.5, 0.6) is 0 Å². The number of rotatable bonds is 2. The van der Waals surface area contributed by atoms with Gasteiger partial charge in [0, 0.05) is 0 Å². The quantitative estimate of drug-likeness (QED) is 0.631. The molecule has 0 unspecified atom stereocenters. The van der Waals surface area contributed by atoms with Crippen molar-refractivity contribution < 1.29 is 4.79 Å². The first-order chi connectivity index (χ1) is 5.65. The summed E-state index contributed by atoms with van der Waals surface area (Å²) in [5.41, 5.74) is 11.1. The minimum atomic E-state index is -0.643. The molecule has 4 N–H and O–H groups in total. The predicted molar refractivity (Wildman–Crippen MR) is 44.3 cm³/mol. The van der Waals surface area contributed by atoms with E-state index in [1.807, 2.05) is 6.92 Å². The van der Waals surface area contributed by atoms with E-state index >= 15 is 0 Å². The van der Waals surface area contributed by atoms with Crippen molar-refractivity contribution in [3.63, 3.8) is 0 Å². The summed E-state index contributed by atoms with van der Waals surface area (Å²) in [5.74, 6) is -0.560. The van der Waals surface area contributed by atoms with E-state index in [0.29, 0.717) is 12.1 Å². The molecule has 0 atom stereocenters. The molecule has 0 aliphatic rings. The number of nitrogens with two attached hydrogens (primary N) is 2. The zero-order chi connectivity index (χ0) is 9.14. The number of carbonyl (C=O) groups is 1. The summed E-state index contributed by atoms with van der Waals surface area (Å²) >= 11 is 0. The van der Waals surface area contributed by atoms with Crippen LogP contribution in [0.2, 0.25) is 0 Å². The Balaban J connectivity index is 3.17. The van der Waals surface area contributed by atoms with E-state index in [1.165, 1.54) is 6.20 Å². The first kappa shape index (κ1) is 8.45. The minimum Gasteiger partial charge on any atom is -0.382 e. The Hall–Kier alpha value is -1.65. The second-order valence-electron chi connectivity index (χ2n) is 2.31. The molecule has 1 heterocycles. The Morgan fingerprint density at radius 3 is 2.83 bits per heavy atom. The molecule has 1 aromatic rings. The standard InChI is InChI=1S/C7H10N4O/c1-2-4-3-10-6(8)5(11-4)7(9)12/h3H,2H2,1H3,(H2,8,10)(H2,9,12). The summed E-state index contributed by atoms with van der Waals surface area (Å²) < 4.78 is 0. The second kappa shape index (κ2) is 3.17. The number of amides is 1. The van der Waals surface area contributed by atoms with Gasteiger partial charge in [0.2, 0.25) is 0 Å². The number of aromatic nitrogens is 2. The lowest BCUT2D eigenvalue weighted by Crippen LogP contribution is -2.17. The number of anilines is 1. The fourth-order valence-corrected chi connectivity index (χ4v) is 0.787. The van der Waals surface area contributed by atoms with E-state index in [0.717, 1.165) is 0 Å². The number of nitrogens with zero attached hydrogens (tertiary/aromatic N) is 2. The Morgan fingerprint density at radius 2 is 2.33 bits per heavy atom. The maximum atomic E-state index is 10.7. The Kier molecular flexibility index (Phi) is 2.23. The van der Waals surface area contributed by atoms with Crippen molar-refractivity contribution in [3.8, 4) is 0 Å². The molecule has 5 heteroatoms. The van der Waals surface area contributed by atoms with Crippen LogP contribution in [0.1, 0.15) is 23.1 Å². The molecule has 64 valence electrons. The molecular formula is C7H10N4O. The van der Waals surface area contributed by atoms with Gasteiger partial charge in [-0.1, -0.05) is 6.92 Å². The fourth-order valence-electron chi connectivity index (χ4n) is 0.787. The Morgan fingerprint density at radius 1 is 1.67 bits per heavy atom. The van der Waals surface area contributed by atoms with E-state index in [-0.39, 0.29) is 11.5 Å². The highest BCUT2D eigenvalue weighted by molar-refractivity contribution is 5.94. The average Bonchev–Trinajstić information content (AvgIpc) is 2.05. The first-order valence-corrected chi connectivity index (χ1v) is 3.56. The van der Waals surface area contributed by atoms with Gasteiger partial charge in [-0.2, -0.15) is 0 Å². The van der Waals surface area contributed by atoms with Crippen LogP contribution in [-0.4, -0.2) is 15.9 Å². The van der Waals surface area contributed by atoms with Gasteiger partial charge in [0.15, 0.2) is 11.5 Å². The van der Waals surface area contributed by atoms with Crippen molar-refractivity contribution >= 4 is 11.7 Å². The SMILES string of the molecule is CCc1cnc(N)c(C(N)=O)n1. The maximum Gasteiger partial charge on any atom is 0.271 e. The molecule has 0 saturated carbocycles. The van der Waals surface area contributed by atoms with Crippen LogP contribution in [-0.2, 0) is 6.42 Å². The molecule has 0 aromatic carbocycles. The summed E-state index contributed by atoms with van der Waals surface area (Å²) in [6.07, 6.45) is 2.23. The molecule has 0 radical (unpaired) electrons. The molecule has 1 amide bonds. The zero-order valence-electron chi connectivity index (χ0n) is 6.74. The molecule has 0 saturated heterocycles. The Bertz CT molecular complexity index is 310. The van der Waals surface area contributed by atoms with Crippen LogP contribution in [0.3, 0.4) is 0 Å². The van der Waals surface area contributed by atoms with Crippen LogP contribution in [0.4, 0.5) is 5.82 Å². The number of carbonyl (C=O) groups excluding carboxylic acids is 1. The molecule has 0 fully saturated rings. The summed E-state index contributed by atoms with van der Waals surface area (Å²) in [6, 6.07) is 0. The van der Waals surface area contributed by atoms with Gasteiger partial charge < -0.3 is 11.5 Å². The van der Waals surface area contributed by atoms with Crippen LogP contribution < -0.4 is 11.5 Å². The van der Waals surface area contributed by atoms with Crippen LogP contribution in [0.25, 0.3) is 0 Å². The lowest BCUT2D eigenvalue weighted by atomic mass is 10.3. The summed E-state index contributed by atoms with van der Waals surface area (Å²) in [5, 5.41) is 0. The normalized spacial score (nSPS) is 9.75. The average molecular weight is 166 g/mol. The minimum absolute atomic E-state index is 0.0503. The van der Waals surface area contributed by atoms with Gasteiger partial charge in [0.25, 0.3) is 5.91 Å². The molecule has 0 aliphatic carbocycles. The molecular weight excluding hydrogens is 156 g/mol. The lowest BCUT2D eigenvalue weighted by Gasteiger charge is -2.00. The largest absolute Gasteiger partial charge is 0.382 e. The Labute approximate surface area is 69.8 Å². The number of primary amides is 1. The van der Waals surface area contributed by atoms with Crippen LogP contribution >= 0.6 is 0 Å². The highest BCUT2D eigenvalue weighted by atomic mass is 16.1. The van der Waals surface area contributed by atoms with Crippen molar-refractivity contribution in [1.82, 2.24) is 9.97 Å². The molecule has 5 nitrogen and oxygen atoms in total. The number of nitrogen functional groups attached to an aromatic ring is 1. The molecule has 0 spiro atoms. The van der Waals surface area contributed by atoms with Crippen molar-refractivity contribution in [3.05, 3.63) is 17.6 Å². The highest BCUT2D eigenvalue weighted by Crippen LogP contribution is 2.04. The summed E-state index contributed by atoms with van der Waals surface area (Å²) in [6.45, 7) is 1.91. The molecule has 1 aromatic heterocycles. The maximum absolute atomic E-state index is 10.7. The molecule has 12 heavy (non-hydrogen) atoms. The number of hydrogen-bond acceptors (Lipinski definition) is 4. The van der Waals surface area contributed by atoms with Gasteiger partial charge >= 0.3 is 0 Å². The van der Waals surface area contributed by atoms with E-state index in [4.69, 9.17) is 11.5 Å². The summed E-state index contributed by atoms with van der Waals surface area (Å²) in [4.78, 5) is 18.4. The van der Waals surface area contributed by atoms with Crippen molar-refractivity contribution in [2.45, 2.75) is 13.3 Å². The summed E-state index contributed by atoms with van der Waals surface area (Å²) in [7, 11) is 0. The third-order valence-corrected chi connectivity index (χ3v) is 1.45. The third-order valence-electron chi connectivity index (χ3n) is 1.45. The highest BCUT2D eigenvalue weighted by Gasteiger charge is 2.08. The van der Waals surface area contributed by atoms with Crippen LogP contribution in [0, 0.1) is 0 Å². The van der Waals surface area contributed by atoms with E-state index in [1.54, 1.807) is 0 Å². The van der Waals surface area contributed by atoms with Crippen molar-refractivity contribution in [2.24, 2.45) is 5.73 Å². The van der Waals surface area contributed by atoms with Gasteiger partial charge in [0.1, 0.15) is 0 Å². The second-order valence-corrected chi connectivity index (χ2v) is 2.31. The molecule has 0 aliphatic heterocycles. The van der Waals surface area contributed by atoms with E-state index < -0.39 is 5.91 Å². The smallest absolute Gasteiger partial charge is 0.271 e. The van der Waals surface area contributed by atoms with Gasteiger partial charge in [-0.15, -0.1) is 0 Å². The van der Waals surface area contributed by atoms with Gasteiger partial charge in [-0.25, -0.2) is 9.97 Å². The molecule has 1 rings (SSSR count).